The Morgan fingerprint density at radius 1 is 1.10 bits per heavy atom. The fourth-order valence-corrected chi connectivity index (χ4v) is 3.89. The maximum atomic E-state index is 5.59. The minimum atomic E-state index is -0.163. The molecular formula is C22H25N5O2S. The van der Waals surface area contributed by atoms with Crippen LogP contribution in [0.25, 0.3) is 11.4 Å². The Hall–Kier alpha value is -2.87. The second kappa shape index (κ2) is 8.10. The average molecular weight is 424 g/mol. The van der Waals surface area contributed by atoms with Gasteiger partial charge in [-0.1, -0.05) is 62.0 Å². The van der Waals surface area contributed by atoms with Gasteiger partial charge in [0.15, 0.2) is 16.8 Å². The van der Waals surface area contributed by atoms with E-state index >= 15 is 0 Å². The molecular weight excluding hydrogens is 398 g/mol. The fraction of sp³-hybridized carbons (Fsp3) is 0.364. The molecule has 1 aromatic carbocycles. The highest BCUT2D eigenvalue weighted by Gasteiger charge is 2.26. The van der Waals surface area contributed by atoms with Crippen molar-refractivity contribution in [3.63, 3.8) is 0 Å². The Morgan fingerprint density at radius 3 is 2.57 bits per heavy atom. The van der Waals surface area contributed by atoms with E-state index in [0.29, 0.717) is 18.3 Å². The van der Waals surface area contributed by atoms with Gasteiger partial charge in [0, 0.05) is 11.0 Å². The van der Waals surface area contributed by atoms with Gasteiger partial charge in [-0.2, -0.15) is 4.98 Å². The summed E-state index contributed by atoms with van der Waals surface area (Å²) in [5.41, 5.74) is 2.02. The maximum Gasteiger partial charge on any atom is 0.239 e. The van der Waals surface area contributed by atoms with Gasteiger partial charge < -0.3 is 8.94 Å². The van der Waals surface area contributed by atoms with Crippen LogP contribution in [-0.2, 0) is 12.0 Å². The summed E-state index contributed by atoms with van der Waals surface area (Å²) in [5, 5.41) is 13.8. The van der Waals surface area contributed by atoms with Crippen molar-refractivity contribution in [2.24, 2.45) is 0 Å². The third kappa shape index (κ3) is 4.18. The van der Waals surface area contributed by atoms with Crippen LogP contribution in [0.3, 0.4) is 0 Å². The molecule has 1 unspecified atom stereocenters. The lowest BCUT2D eigenvalue weighted by Crippen LogP contribution is -2.13. The number of benzene rings is 1. The number of hydrogen-bond donors (Lipinski definition) is 0. The summed E-state index contributed by atoms with van der Waals surface area (Å²) in [6.07, 6.45) is 1.68. The highest BCUT2D eigenvalue weighted by atomic mass is 32.2. The van der Waals surface area contributed by atoms with E-state index in [0.717, 1.165) is 27.9 Å². The molecule has 0 spiro atoms. The van der Waals surface area contributed by atoms with E-state index in [2.05, 4.69) is 64.7 Å². The van der Waals surface area contributed by atoms with Crippen molar-refractivity contribution in [3.8, 4) is 11.4 Å². The van der Waals surface area contributed by atoms with E-state index < -0.39 is 0 Å². The Kier molecular flexibility index (Phi) is 5.51. The zero-order valence-electron chi connectivity index (χ0n) is 17.8. The number of rotatable bonds is 6. The average Bonchev–Trinajstić information content (AvgIpc) is 3.44. The first-order valence-electron chi connectivity index (χ1n) is 9.85. The molecule has 0 saturated carbocycles. The van der Waals surface area contributed by atoms with Crippen molar-refractivity contribution < 1.29 is 8.94 Å². The summed E-state index contributed by atoms with van der Waals surface area (Å²) < 4.78 is 13.2. The summed E-state index contributed by atoms with van der Waals surface area (Å²) in [7, 11) is 0. The van der Waals surface area contributed by atoms with Crippen molar-refractivity contribution in [1.82, 2.24) is 24.9 Å². The van der Waals surface area contributed by atoms with Crippen LogP contribution in [0.2, 0.25) is 0 Å². The van der Waals surface area contributed by atoms with Gasteiger partial charge in [-0.25, -0.2) is 0 Å². The van der Waals surface area contributed by atoms with E-state index in [1.165, 1.54) is 0 Å². The van der Waals surface area contributed by atoms with Gasteiger partial charge >= 0.3 is 0 Å². The molecule has 0 aliphatic heterocycles. The summed E-state index contributed by atoms with van der Waals surface area (Å²) in [4.78, 5) is 4.59. The van der Waals surface area contributed by atoms with Gasteiger partial charge in [0.2, 0.25) is 5.89 Å². The zero-order valence-corrected chi connectivity index (χ0v) is 18.6. The highest BCUT2D eigenvalue weighted by Crippen LogP contribution is 2.36. The zero-order chi connectivity index (χ0) is 21.3. The first kappa shape index (κ1) is 20.4. The van der Waals surface area contributed by atoms with Gasteiger partial charge in [0.1, 0.15) is 5.76 Å². The molecule has 3 aromatic heterocycles. The quantitative estimate of drug-likeness (QED) is 0.382. The van der Waals surface area contributed by atoms with E-state index in [1.807, 2.05) is 31.2 Å². The van der Waals surface area contributed by atoms with Crippen LogP contribution >= 0.6 is 11.8 Å². The predicted octanol–water partition coefficient (Wildman–Crippen LogP) is 5.43. The molecule has 7 nitrogen and oxygen atoms in total. The van der Waals surface area contributed by atoms with E-state index in [-0.39, 0.29) is 10.7 Å². The molecule has 0 aliphatic rings. The van der Waals surface area contributed by atoms with E-state index in [1.54, 1.807) is 18.0 Å². The smallest absolute Gasteiger partial charge is 0.239 e. The number of aryl methyl sites for hydroxylation is 1. The highest BCUT2D eigenvalue weighted by molar-refractivity contribution is 7.99. The minimum absolute atomic E-state index is 0.0714. The number of nitrogens with zero attached hydrogens (tertiary/aromatic N) is 5. The lowest BCUT2D eigenvalue weighted by molar-refractivity contribution is 0.364. The molecule has 30 heavy (non-hydrogen) atoms. The molecule has 0 saturated heterocycles. The normalized spacial score (nSPS) is 13.0. The third-order valence-electron chi connectivity index (χ3n) is 4.74. The van der Waals surface area contributed by atoms with Crippen LogP contribution in [-0.4, -0.2) is 24.9 Å². The molecule has 0 amide bonds. The van der Waals surface area contributed by atoms with Gasteiger partial charge in [-0.15, -0.1) is 10.2 Å². The second-order valence-corrected chi connectivity index (χ2v) is 9.56. The molecule has 3 heterocycles. The van der Waals surface area contributed by atoms with Crippen molar-refractivity contribution in [1.29, 1.82) is 0 Å². The standard InChI is InChI=1S/C22H25N5O2S/c1-14-9-6-7-11-17(14)18-24-25-21(27(18)13-16-10-8-12-28-16)30-15(2)19-23-20(26-29-19)22(3,4)5/h6-12,15H,13H2,1-5H3. The van der Waals surface area contributed by atoms with Crippen LogP contribution < -0.4 is 0 Å². The number of aromatic nitrogens is 5. The SMILES string of the molecule is Cc1ccccc1-c1nnc(SC(C)c2nc(C(C)(C)C)no2)n1Cc1ccco1. The Bertz CT molecular complexity index is 1120. The van der Waals surface area contributed by atoms with E-state index in [4.69, 9.17) is 8.94 Å². The molecule has 1 atom stereocenters. The Labute approximate surface area is 179 Å². The van der Waals surface area contributed by atoms with Crippen molar-refractivity contribution in [2.45, 2.75) is 57.0 Å². The number of thioether (sulfide) groups is 1. The Balaban J connectivity index is 1.67. The third-order valence-corrected chi connectivity index (χ3v) is 5.81. The molecule has 4 aromatic rings. The summed E-state index contributed by atoms with van der Waals surface area (Å²) in [5.74, 6) is 2.92. The molecule has 0 aliphatic carbocycles. The topological polar surface area (TPSA) is 82.8 Å². The lowest BCUT2D eigenvalue weighted by Gasteiger charge is -2.12. The second-order valence-electron chi connectivity index (χ2n) is 8.25. The van der Waals surface area contributed by atoms with Gasteiger partial charge in [-0.05, 0) is 31.5 Å². The monoisotopic (exact) mass is 423 g/mol. The summed E-state index contributed by atoms with van der Waals surface area (Å²) in [6.45, 7) is 10.8. The van der Waals surface area contributed by atoms with Gasteiger partial charge in [0.25, 0.3) is 0 Å². The molecule has 4 rings (SSSR count). The van der Waals surface area contributed by atoms with Crippen LogP contribution in [0.1, 0.15) is 56.0 Å². The summed E-state index contributed by atoms with van der Waals surface area (Å²) >= 11 is 1.54. The fourth-order valence-electron chi connectivity index (χ4n) is 3.01. The molecule has 8 heteroatoms. The number of hydrogen-bond acceptors (Lipinski definition) is 7. The van der Waals surface area contributed by atoms with Crippen LogP contribution in [0.5, 0.6) is 0 Å². The molecule has 0 N–H and O–H groups in total. The van der Waals surface area contributed by atoms with Gasteiger partial charge in [0.05, 0.1) is 18.1 Å². The maximum absolute atomic E-state index is 5.59. The largest absolute Gasteiger partial charge is 0.467 e. The van der Waals surface area contributed by atoms with E-state index in [9.17, 15) is 0 Å². The molecule has 0 radical (unpaired) electrons. The Morgan fingerprint density at radius 2 is 1.90 bits per heavy atom. The first-order chi connectivity index (χ1) is 14.3. The van der Waals surface area contributed by atoms with Gasteiger partial charge in [-0.3, -0.25) is 4.57 Å². The lowest BCUT2D eigenvalue weighted by atomic mass is 9.96. The molecule has 0 bridgehead atoms. The minimum Gasteiger partial charge on any atom is -0.467 e. The van der Waals surface area contributed by atoms with Crippen molar-refractivity contribution in [2.75, 3.05) is 0 Å². The summed E-state index contributed by atoms with van der Waals surface area (Å²) in [6, 6.07) is 12.0. The van der Waals surface area contributed by atoms with Crippen LogP contribution in [0.15, 0.2) is 56.8 Å². The van der Waals surface area contributed by atoms with Crippen molar-refractivity contribution in [3.05, 3.63) is 65.7 Å². The molecule has 0 fully saturated rings. The van der Waals surface area contributed by atoms with Crippen LogP contribution in [0.4, 0.5) is 0 Å². The predicted molar refractivity (Wildman–Crippen MR) is 115 cm³/mol. The van der Waals surface area contributed by atoms with Crippen LogP contribution in [0, 0.1) is 6.92 Å². The number of furan rings is 1. The molecule has 156 valence electrons. The van der Waals surface area contributed by atoms with Crippen molar-refractivity contribution >= 4 is 11.8 Å². The first-order valence-corrected chi connectivity index (χ1v) is 10.7.